The first-order valence-electron chi connectivity index (χ1n) is 3.38. The maximum absolute atomic E-state index is 2.38. The van der Waals surface area contributed by atoms with Gasteiger partial charge in [-0.15, -0.1) is 0 Å². The minimum atomic E-state index is 1.08. The van der Waals surface area contributed by atoms with Gasteiger partial charge in [-0.25, -0.2) is 10.0 Å². The molecule has 1 saturated heterocycles. The Morgan fingerprint density at radius 2 is 1.56 bits per heavy atom. The van der Waals surface area contributed by atoms with Gasteiger partial charge in [0, 0.05) is 14.1 Å². The van der Waals surface area contributed by atoms with Gasteiger partial charge in [-0.05, 0) is 6.54 Å². The molecular weight excluding hydrogens is 114 g/mol. The summed E-state index contributed by atoms with van der Waals surface area (Å²) in [6.45, 7) is 5.49. The van der Waals surface area contributed by atoms with E-state index in [1.54, 1.807) is 0 Å². The quantitative estimate of drug-likeness (QED) is 0.494. The molecule has 0 bridgehead atoms. The summed E-state index contributed by atoms with van der Waals surface area (Å²) < 4.78 is 0. The lowest BCUT2D eigenvalue weighted by molar-refractivity contribution is 0.0894. The molecule has 0 spiro atoms. The average molecular weight is 129 g/mol. The molecule has 3 heteroatoms. The van der Waals surface area contributed by atoms with E-state index in [0.717, 1.165) is 19.9 Å². The molecule has 0 amide bonds. The third-order valence-electron chi connectivity index (χ3n) is 1.84. The van der Waals surface area contributed by atoms with Crippen LogP contribution >= 0.6 is 0 Å². The Kier molecular flexibility index (Phi) is 2.05. The maximum atomic E-state index is 2.38. The third-order valence-corrected chi connectivity index (χ3v) is 1.84. The van der Waals surface area contributed by atoms with Gasteiger partial charge >= 0.3 is 0 Å². The Balaban J connectivity index is 2.35. The second-order valence-electron chi connectivity index (χ2n) is 2.59. The first kappa shape index (κ1) is 6.99. The Morgan fingerprint density at radius 3 is 1.78 bits per heavy atom. The molecule has 9 heavy (non-hydrogen) atoms. The zero-order valence-electron chi connectivity index (χ0n) is 6.46. The standard InChI is InChI=1S/C6H15N3/c1-4-9-5-7(2)8(3)6-9/h4-6H2,1-3H3. The minimum Gasteiger partial charge on any atom is -0.275 e. The summed E-state index contributed by atoms with van der Waals surface area (Å²) in [4.78, 5) is 2.38. The van der Waals surface area contributed by atoms with Crippen molar-refractivity contribution in [1.82, 2.24) is 14.9 Å². The SMILES string of the molecule is CCN1CN(C)N(C)C1. The van der Waals surface area contributed by atoms with Gasteiger partial charge in [0.2, 0.25) is 0 Å². The van der Waals surface area contributed by atoms with Crippen LogP contribution in [0.4, 0.5) is 0 Å². The van der Waals surface area contributed by atoms with E-state index in [1.165, 1.54) is 0 Å². The summed E-state index contributed by atoms with van der Waals surface area (Å²) >= 11 is 0. The molecule has 1 aliphatic rings. The normalized spacial score (nSPS) is 25.7. The first-order chi connectivity index (χ1) is 4.24. The average Bonchev–Trinajstić information content (AvgIpc) is 2.13. The van der Waals surface area contributed by atoms with Gasteiger partial charge in [-0.3, -0.25) is 4.90 Å². The van der Waals surface area contributed by atoms with Gasteiger partial charge in [0.25, 0.3) is 0 Å². The maximum Gasteiger partial charge on any atom is 0.0656 e. The summed E-state index contributed by atoms with van der Waals surface area (Å²) in [6.07, 6.45) is 0. The molecule has 0 aliphatic carbocycles. The molecule has 1 heterocycles. The molecule has 1 rings (SSSR count). The van der Waals surface area contributed by atoms with Crippen molar-refractivity contribution >= 4 is 0 Å². The smallest absolute Gasteiger partial charge is 0.0656 e. The fourth-order valence-electron chi connectivity index (χ4n) is 1.04. The fourth-order valence-corrected chi connectivity index (χ4v) is 1.04. The predicted octanol–water partition coefficient (Wildman–Crippen LogP) is 0.0155. The summed E-state index contributed by atoms with van der Waals surface area (Å²) in [5.74, 6) is 0. The molecule has 3 nitrogen and oxygen atoms in total. The van der Waals surface area contributed by atoms with Gasteiger partial charge in [0.1, 0.15) is 0 Å². The first-order valence-corrected chi connectivity index (χ1v) is 3.38. The van der Waals surface area contributed by atoms with Crippen LogP contribution in [0.3, 0.4) is 0 Å². The zero-order chi connectivity index (χ0) is 6.85. The van der Waals surface area contributed by atoms with Crippen LogP contribution in [0.2, 0.25) is 0 Å². The molecule has 0 radical (unpaired) electrons. The van der Waals surface area contributed by atoms with Crippen LogP contribution in [-0.2, 0) is 0 Å². The topological polar surface area (TPSA) is 9.72 Å². The van der Waals surface area contributed by atoms with E-state index >= 15 is 0 Å². The van der Waals surface area contributed by atoms with E-state index in [9.17, 15) is 0 Å². The number of rotatable bonds is 1. The van der Waals surface area contributed by atoms with Crippen LogP contribution in [0.1, 0.15) is 6.92 Å². The molecule has 1 aliphatic heterocycles. The highest BCUT2D eigenvalue weighted by Crippen LogP contribution is 2.04. The van der Waals surface area contributed by atoms with Crippen LogP contribution in [0.5, 0.6) is 0 Å². The van der Waals surface area contributed by atoms with E-state index < -0.39 is 0 Å². The van der Waals surface area contributed by atoms with Crippen molar-refractivity contribution in [1.29, 1.82) is 0 Å². The number of hydrogen-bond acceptors (Lipinski definition) is 3. The van der Waals surface area contributed by atoms with Gasteiger partial charge in [0.15, 0.2) is 0 Å². The van der Waals surface area contributed by atoms with E-state index in [0.29, 0.717) is 0 Å². The van der Waals surface area contributed by atoms with Crippen molar-refractivity contribution in [3.05, 3.63) is 0 Å². The van der Waals surface area contributed by atoms with Gasteiger partial charge < -0.3 is 0 Å². The van der Waals surface area contributed by atoms with Gasteiger partial charge in [0.05, 0.1) is 13.3 Å². The van der Waals surface area contributed by atoms with Crippen molar-refractivity contribution in [3.8, 4) is 0 Å². The molecule has 0 N–H and O–H groups in total. The molecule has 1 fully saturated rings. The molecule has 0 aromatic carbocycles. The molecule has 0 aromatic heterocycles. The lowest BCUT2D eigenvalue weighted by atomic mass is 10.6. The minimum absolute atomic E-state index is 1.08. The summed E-state index contributed by atoms with van der Waals surface area (Å²) in [5.41, 5.74) is 0. The van der Waals surface area contributed by atoms with E-state index in [1.807, 2.05) is 0 Å². The molecule has 54 valence electrons. The van der Waals surface area contributed by atoms with Crippen molar-refractivity contribution in [3.63, 3.8) is 0 Å². The van der Waals surface area contributed by atoms with Gasteiger partial charge in [-0.1, -0.05) is 6.92 Å². The second kappa shape index (κ2) is 2.64. The predicted molar refractivity (Wildman–Crippen MR) is 37.6 cm³/mol. The zero-order valence-corrected chi connectivity index (χ0v) is 6.46. The Labute approximate surface area is 56.8 Å². The Morgan fingerprint density at radius 1 is 1.11 bits per heavy atom. The molecular formula is C6H15N3. The highest BCUT2D eigenvalue weighted by atomic mass is 15.7. The highest BCUT2D eigenvalue weighted by Gasteiger charge is 2.19. The number of nitrogens with zero attached hydrogens (tertiary/aromatic N) is 3. The Bertz CT molecular complexity index is 84.3. The third kappa shape index (κ3) is 1.41. The summed E-state index contributed by atoms with van der Waals surface area (Å²) in [6, 6.07) is 0. The van der Waals surface area contributed by atoms with E-state index in [-0.39, 0.29) is 0 Å². The van der Waals surface area contributed by atoms with Crippen molar-refractivity contribution in [2.24, 2.45) is 0 Å². The van der Waals surface area contributed by atoms with Crippen molar-refractivity contribution in [2.45, 2.75) is 6.92 Å². The van der Waals surface area contributed by atoms with Crippen LogP contribution < -0.4 is 0 Å². The molecule has 0 saturated carbocycles. The fraction of sp³-hybridized carbons (Fsp3) is 1.00. The largest absolute Gasteiger partial charge is 0.275 e. The van der Waals surface area contributed by atoms with E-state index in [4.69, 9.17) is 0 Å². The number of hydrazine groups is 1. The van der Waals surface area contributed by atoms with Crippen LogP contribution in [0, 0.1) is 0 Å². The second-order valence-corrected chi connectivity index (χ2v) is 2.59. The summed E-state index contributed by atoms with van der Waals surface area (Å²) in [7, 11) is 4.21. The van der Waals surface area contributed by atoms with Crippen LogP contribution in [0.25, 0.3) is 0 Å². The monoisotopic (exact) mass is 129 g/mol. The number of hydrogen-bond donors (Lipinski definition) is 0. The van der Waals surface area contributed by atoms with Crippen LogP contribution in [-0.4, -0.2) is 48.9 Å². The van der Waals surface area contributed by atoms with Crippen molar-refractivity contribution in [2.75, 3.05) is 34.0 Å². The van der Waals surface area contributed by atoms with Crippen molar-refractivity contribution < 1.29 is 0 Å². The van der Waals surface area contributed by atoms with Gasteiger partial charge in [-0.2, -0.15) is 0 Å². The summed E-state index contributed by atoms with van der Waals surface area (Å²) in [5, 5.41) is 4.42. The lowest BCUT2D eigenvalue weighted by Crippen LogP contribution is -2.28. The lowest BCUT2D eigenvalue weighted by Gasteiger charge is -2.15. The molecule has 0 unspecified atom stereocenters. The van der Waals surface area contributed by atoms with Crippen LogP contribution in [0.15, 0.2) is 0 Å². The molecule has 0 atom stereocenters. The highest BCUT2D eigenvalue weighted by molar-refractivity contribution is 4.59. The Hall–Kier alpha value is -0.120. The van der Waals surface area contributed by atoms with E-state index in [2.05, 4.69) is 35.9 Å². The molecule has 0 aromatic rings.